The summed E-state index contributed by atoms with van der Waals surface area (Å²) in [6.07, 6.45) is 1.52. The van der Waals surface area contributed by atoms with E-state index >= 15 is 0 Å². The fourth-order valence-electron chi connectivity index (χ4n) is 3.71. The Kier molecular flexibility index (Phi) is 7.75. The van der Waals surface area contributed by atoms with Gasteiger partial charge < -0.3 is 9.84 Å². The van der Waals surface area contributed by atoms with Crippen molar-refractivity contribution in [2.24, 2.45) is 5.10 Å². The third-order valence-electron chi connectivity index (χ3n) is 5.52. The van der Waals surface area contributed by atoms with Crippen LogP contribution >= 0.6 is 15.9 Å². The number of hydrazone groups is 1. The molecule has 0 spiro atoms. The molecule has 5 nitrogen and oxygen atoms in total. The molecule has 0 fully saturated rings. The molecule has 0 aromatic heterocycles. The standard InChI is InChI=1S/C29H25BrN2O3/c1-21-9-8-10-23(17-21)20-35-27-16-15-22(18-26(27)30)19-31-32-28(33)29(34,24-11-4-2-5-12-24)25-13-6-3-7-14-25/h2-19,34H,20H2,1H3,(H,32,33)/b31-19+. The molecular weight excluding hydrogens is 504 g/mol. The van der Waals surface area contributed by atoms with Gasteiger partial charge in [0.15, 0.2) is 5.60 Å². The minimum Gasteiger partial charge on any atom is -0.488 e. The van der Waals surface area contributed by atoms with Gasteiger partial charge >= 0.3 is 0 Å². The molecule has 1 amide bonds. The Morgan fingerprint density at radius 3 is 2.20 bits per heavy atom. The van der Waals surface area contributed by atoms with Crippen LogP contribution in [0.15, 0.2) is 113 Å². The van der Waals surface area contributed by atoms with Gasteiger partial charge in [-0.25, -0.2) is 5.43 Å². The fraction of sp³-hybridized carbons (Fsp3) is 0.103. The highest BCUT2D eigenvalue weighted by atomic mass is 79.9. The zero-order valence-corrected chi connectivity index (χ0v) is 20.8. The Labute approximate surface area is 213 Å². The van der Waals surface area contributed by atoms with Gasteiger partial charge in [-0.05, 0) is 63.3 Å². The lowest BCUT2D eigenvalue weighted by molar-refractivity contribution is -0.136. The van der Waals surface area contributed by atoms with Crippen LogP contribution < -0.4 is 10.2 Å². The van der Waals surface area contributed by atoms with Crippen molar-refractivity contribution in [1.29, 1.82) is 0 Å². The van der Waals surface area contributed by atoms with Gasteiger partial charge in [0.05, 0.1) is 10.7 Å². The maximum atomic E-state index is 13.1. The van der Waals surface area contributed by atoms with E-state index < -0.39 is 11.5 Å². The van der Waals surface area contributed by atoms with Crippen molar-refractivity contribution in [3.8, 4) is 5.75 Å². The van der Waals surface area contributed by atoms with Crippen LogP contribution in [0.3, 0.4) is 0 Å². The number of ether oxygens (including phenoxy) is 1. The lowest BCUT2D eigenvalue weighted by Gasteiger charge is -2.27. The molecule has 4 aromatic carbocycles. The molecule has 0 heterocycles. The second-order valence-corrected chi connectivity index (χ2v) is 8.96. The van der Waals surface area contributed by atoms with E-state index in [0.29, 0.717) is 23.5 Å². The van der Waals surface area contributed by atoms with Crippen molar-refractivity contribution in [2.45, 2.75) is 19.1 Å². The van der Waals surface area contributed by atoms with Gasteiger partial charge in [-0.1, -0.05) is 90.5 Å². The molecule has 0 saturated carbocycles. The number of halogens is 1. The van der Waals surface area contributed by atoms with Crippen molar-refractivity contribution in [3.05, 3.63) is 135 Å². The Bertz CT molecular complexity index is 1280. The third-order valence-corrected chi connectivity index (χ3v) is 6.14. The van der Waals surface area contributed by atoms with E-state index in [1.807, 2.05) is 55.5 Å². The smallest absolute Gasteiger partial charge is 0.281 e. The van der Waals surface area contributed by atoms with Crippen LogP contribution in [0.1, 0.15) is 27.8 Å². The minimum atomic E-state index is -1.88. The zero-order chi connectivity index (χ0) is 24.7. The molecule has 0 radical (unpaired) electrons. The summed E-state index contributed by atoms with van der Waals surface area (Å²) in [4.78, 5) is 13.1. The van der Waals surface area contributed by atoms with Crippen molar-refractivity contribution < 1.29 is 14.6 Å². The Morgan fingerprint density at radius 2 is 1.60 bits per heavy atom. The summed E-state index contributed by atoms with van der Waals surface area (Å²) in [6, 6.07) is 31.3. The van der Waals surface area contributed by atoms with Crippen molar-refractivity contribution in [3.63, 3.8) is 0 Å². The Morgan fingerprint density at radius 1 is 0.943 bits per heavy atom. The molecule has 0 bridgehead atoms. The second kappa shape index (κ2) is 11.1. The van der Waals surface area contributed by atoms with E-state index in [4.69, 9.17) is 4.74 Å². The topological polar surface area (TPSA) is 70.9 Å². The highest BCUT2D eigenvalue weighted by Crippen LogP contribution is 2.30. The summed E-state index contributed by atoms with van der Waals surface area (Å²) >= 11 is 3.53. The second-order valence-electron chi connectivity index (χ2n) is 8.11. The van der Waals surface area contributed by atoms with Gasteiger partial charge in [0.1, 0.15) is 12.4 Å². The molecule has 4 aromatic rings. The quantitative estimate of drug-likeness (QED) is 0.227. The van der Waals surface area contributed by atoms with Crippen LogP contribution in [0, 0.1) is 6.92 Å². The number of amides is 1. The van der Waals surface area contributed by atoms with E-state index in [2.05, 4.69) is 32.5 Å². The largest absolute Gasteiger partial charge is 0.488 e. The van der Waals surface area contributed by atoms with Crippen LogP contribution in [0.5, 0.6) is 5.75 Å². The minimum absolute atomic E-state index is 0.455. The van der Waals surface area contributed by atoms with Crippen LogP contribution in [0.25, 0.3) is 0 Å². The SMILES string of the molecule is Cc1cccc(COc2ccc(/C=N/NC(=O)C(O)(c3ccccc3)c3ccccc3)cc2Br)c1. The number of nitrogens with one attached hydrogen (secondary N) is 1. The Balaban J connectivity index is 1.46. The number of benzene rings is 4. The molecule has 0 aliphatic heterocycles. The number of aliphatic hydroxyl groups is 1. The predicted molar refractivity (Wildman–Crippen MR) is 141 cm³/mol. The van der Waals surface area contributed by atoms with Gasteiger partial charge in [0.25, 0.3) is 5.91 Å². The first-order chi connectivity index (χ1) is 17.0. The van der Waals surface area contributed by atoms with E-state index in [0.717, 1.165) is 15.6 Å². The van der Waals surface area contributed by atoms with Gasteiger partial charge in [0, 0.05) is 0 Å². The molecule has 4 rings (SSSR count). The molecule has 2 N–H and O–H groups in total. The predicted octanol–water partition coefficient (Wildman–Crippen LogP) is 5.72. The molecule has 0 aliphatic carbocycles. The molecule has 6 heteroatoms. The summed E-state index contributed by atoms with van der Waals surface area (Å²) in [5.41, 5.74) is 4.55. The van der Waals surface area contributed by atoms with Crippen LogP contribution in [-0.2, 0) is 17.0 Å². The number of hydrogen-bond acceptors (Lipinski definition) is 4. The Hall–Kier alpha value is -3.74. The number of hydrogen-bond donors (Lipinski definition) is 2. The molecule has 176 valence electrons. The van der Waals surface area contributed by atoms with E-state index in [9.17, 15) is 9.90 Å². The van der Waals surface area contributed by atoms with Gasteiger partial charge in [0.2, 0.25) is 0 Å². The zero-order valence-electron chi connectivity index (χ0n) is 19.2. The van der Waals surface area contributed by atoms with Gasteiger partial charge in [-0.15, -0.1) is 0 Å². The average molecular weight is 529 g/mol. The molecular formula is C29H25BrN2O3. The summed E-state index contributed by atoms with van der Waals surface area (Å²) in [6.45, 7) is 2.51. The van der Waals surface area contributed by atoms with E-state index in [1.54, 1.807) is 48.5 Å². The van der Waals surface area contributed by atoms with Crippen molar-refractivity contribution in [1.82, 2.24) is 5.43 Å². The highest BCUT2D eigenvalue weighted by Gasteiger charge is 2.39. The molecule has 0 atom stereocenters. The highest BCUT2D eigenvalue weighted by molar-refractivity contribution is 9.10. The monoisotopic (exact) mass is 528 g/mol. The fourth-order valence-corrected chi connectivity index (χ4v) is 4.22. The number of carbonyl (C=O) groups excluding carboxylic acids is 1. The number of rotatable bonds is 8. The van der Waals surface area contributed by atoms with E-state index in [1.165, 1.54) is 11.8 Å². The van der Waals surface area contributed by atoms with Crippen molar-refractivity contribution in [2.75, 3.05) is 0 Å². The first-order valence-corrected chi connectivity index (χ1v) is 11.9. The average Bonchev–Trinajstić information content (AvgIpc) is 2.88. The molecule has 0 saturated heterocycles. The first kappa shape index (κ1) is 24.4. The summed E-state index contributed by atoms with van der Waals surface area (Å²) in [5, 5.41) is 15.5. The molecule has 35 heavy (non-hydrogen) atoms. The summed E-state index contributed by atoms with van der Waals surface area (Å²) < 4.78 is 6.69. The van der Waals surface area contributed by atoms with Gasteiger partial charge in [-0.3, -0.25) is 4.79 Å². The van der Waals surface area contributed by atoms with Crippen LogP contribution in [0.4, 0.5) is 0 Å². The van der Waals surface area contributed by atoms with E-state index in [-0.39, 0.29) is 0 Å². The number of nitrogens with zero attached hydrogens (tertiary/aromatic N) is 1. The first-order valence-electron chi connectivity index (χ1n) is 11.1. The van der Waals surface area contributed by atoms with Crippen molar-refractivity contribution >= 4 is 28.1 Å². The van der Waals surface area contributed by atoms with Crippen LogP contribution in [-0.4, -0.2) is 17.2 Å². The lowest BCUT2D eigenvalue weighted by atomic mass is 9.85. The van der Waals surface area contributed by atoms with Gasteiger partial charge in [-0.2, -0.15) is 5.10 Å². The maximum absolute atomic E-state index is 13.1. The summed E-state index contributed by atoms with van der Waals surface area (Å²) in [5.74, 6) is 0.0542. The normalized spacial score (nSPS) is 11.4. The van der Waals surface area contributed by atoms with Crippen LogP contribution in [0.2, 0.25) is 0 Å². The summed E-state index contributed by atoms with van der Waals surface area (Å²) in [7, 11) is 0. The molecule has 0 aliphatic rings. The molecule has 0 unspecified atom stereocenters. The lowest BCUT2D eigenvalue weighted by Crippen LogP contribution is -2.43. The third kappa shape index (κ3) is 5.85. The number of aryl methyl sites for hydroxylation is 1. The maximum Gasteiger partial charge on any atom is 0.281 e. The number of carbonyl (C=O) groups is 1.